The van der Waals surface area contributed by atoms with Gasteiger partial charge in [0.05, 0.1) is 11.8 Å². The molecule has 0 N–H and O–H groups in total. The number of furan rings is 1. The van der Waals surface area contributed by atoms with Crippen molar-refractivity contribution in [2.45, 2.75) is 0 Å². The molecular weight excluding hydrogens is 192 g/mol. The van der Waals surface area contributed by atoms with Crippen LogP contribution in [0.4, 0.5) is 0 Å². The first kappa shape index (κ1) is 8.17. The molecule has 0 saturated heterocycles. The molecule has 0 amide bonds. The Morgan fingerprint density at radius 1 is 0.933 bits per heavy atom. The highest BCUT2D eigenvalue weighted by atomic mass is 16.3. The zero-order valence-electron chi connectivity index (χ0n) is 7.69. The van der Waals surface area contributed by atoms with Crippen LogP contribution in [0.5, 0.6) is 0 Å². The van der Waals surface area contributed by atoms with Gasteiger partial charge in [0.2, 0.25) is 0 Å². The number of allylic oxidation sites excluding steroid dienone is 2. The molecule has 2 aromatic rings. The summed E-state index contributed by atoms with van der Waals surface area (Å²) in [5.41, 5.74) is 1.30. The molecule has 0 spiro atoms. The molecule has 15 heavy (non-hydrogen) atoms. The first-order valence-electron chi connectivity index (χ1n) is 4.54. The summed E-state index contributed by atoms with van der Waals surface area (Å²) in [6.07, 6.45) is 4.09. The minimum Gasteiger partial charge on any atom is -0.464 e. The van der Waals surface area contributed by atoms with E-state index >= 15 is 0 Å². The van der Waals surface area contributed by atoms with Gasteiger partial charge in [-0.05, 0) is 24.3 Å². The van der Waals surface area contributed by atoms with Gasteiger partial charge >= 0.3 is 0 Å². The Balaban J connectivity index is 2.48. The standard InChI is InChI=1S/C12H6O3/c13-9-3-4-10(14)11-8(9)2-1-7-5-6-15-12(7)11/h1-6H. The van der Waals surface area contributed by atoms with Gasteiger partial charge in [0.1, 0.15) is 5.58 Å². The van der Waals surface area contributed by atoms with Crippen molar-refractivity contribution in [3.8, 4) is 0 Å². The molecule has 3 nitrogen and oxygen atoms in total. The molecule has 1 heterocycles. The SMILES string of the molecule is O=C1C=CC(=O)c2c1ccc1ccoc21. The second-order valence-electron chi connectivity index (χ2n) is 3.39. The number of ketones is 2. The smallest absolute Gasteiger partial charge is 0.190 e. The topological polar surface area (TPSA) is 47.3 Å². The molecule has 3 heteroatoms. The van der Waals surface area contributed by atoms with Crippen LogP contribution in [0.1, 0.15) is 20.7 Å². The average molecular weight is 198 g/mol. The van der Waals surface area contributed by atoms with Crippen molar-refractivity contribution in [2.24, 2.45) is 0 Å². The Kier molecular flexibility index (Phi) is 1.45. The molecule has 0 unspecified atom stereocenters. The highest BCUT2D eigenvalue weighted by Gasteiger charge is 2.22. The molecule has 1 aromatic carbocycles. The molecule has 0 fully saturated rings. The fourth-order valence-electron chi connectivity index (χ4n) is 1.81. The van der Waals surface area contributed by atoms with Gasteiger partial charge in [0, 0.05) is 10.9 Å². The van der Waals surface area contributed by atoms with Crippen LogP contribution in [0.2, 0.25) is 0 Å². The van der Waals surface area contributed by atoms with Gasteiger partial charge in [-0.2, -0.15) is 0 Å². The van der Waals surface area contributed by atoms with E-state index in [1.165, 1.54) is 18.4 Å². The molecule has 3 rings (SSSR count). The molecule has 0 aliphatic heterocycles. The van der Waals surface area contributed by atoms with E-state index in [2.05, 4.69) is 0 Å². The number of fused-ring (bicyclic) bond motifs is 3. The molecule has 1 aliphatic carbocycles. The van der Waals surface area contributed by atoms with Gasteiger partial charge in [0.25, 0.3) is 0 Å². The maximum atomic E-state index is 11.6. The quantitative estimate of drug-likeness (QED) is 0.652. The predicted molar refractivity (Wildman–Crippen MR) is 54.0 cm³/mol. The molecule has 0 saturated carbocycles. The summed E-state index contributed by atoms with van der Waals surface area (Å²) in [5.74, 6) is -0.326. The van der Waals surface area contributed by atoms with Gasteiger partial charge in [0.15, 0.2) is 11.6 Å². The summed E-state index contributed by atoms with van der Waals surface area (Å²) in [4.78, 5) is 23.2. The van der Waals surface area contributed by atoms with Crippen molar-refractivity contribution >= 4 is 22.5 Å². The van der Waals surface area contributed by atoms with E-state index in [-0.39, 0.29) is 11.6 Å². The minimum atomic E-state index is -0.176. The summed E-state index contributed by atoms with van der Waals surface area (Å²) in [6, 6.07) is 5.21. The third kappa shape index (κ3) is 1.00. The lowest BCUT2D eigenvalue weighted by atomic mass is 9.93. The van der Waals surface area contributed by atoms with Crippen LogP contribution >= 0.6 is 0 Å². The minimum absolute atomic E-state index is 0.150. The van der Waals surface area contributed by atoms with E-state index in [4.69, 9.17) is 4.42 Å². The number of benzene rings is 1. The van der Waals surface area contributed by atoms with Crippen LogP contribution in [0.3, 0.4) is 0 Å². The fraction of sp³-hybridized carbons (Fsp3) is 0. The van der Waals surface area contributed by atoms with Crippen LogP contribution in [0.25, 0.3) is 11.0 Å². The third-order valence-corrected chi connectivity index (χ3v) is 2.52. The lowest BCUT2D eigenvalue weighted by molar-refractivity contribution is 0.0994. The molecule has 0 atom stereocenters. The van der Waals surface area contributed by atoms with Gasteiger partial charge in [-0.1, -0.05) is 6.07 Å². The number of hydrogen-bond donors (Lipinski definition) is 0. The number of carbonyl (C=O) groups excluding carboxylic acids is 2. The normalized spacial score (nSPS) is 14.7. The van der Waals surface area contributed by atoms with Crippen LogP contribution in [-0.4, -0.2) is 11.6 Å². The predicted octanol–water partition coefficient (Wildman–Crippen LogP) is 2.37. The Morgan fingerprint density at radius 2 is 1.73 bits per heavy atom. The monoisotopic (exact) mass is 198 g/mol. The average Bonchev–Trinajstić information content (AvgIpc) is 2.70. The Bertz CT molecular complexity index is 617. The van der Waals surface area contributed by atoms with Crippen LogP contribution in [-0.2, 0) is 0 Å². The number of rotatable bonds is 0. The Morgan fingerprint density at radius 3 is 2.60 bits per heavy atom. The van der Waals surface area contributed by atoms with Gasteiger partial charge in [-0.25, -0.2) is 0 Å². The zero-order valence-corrected chi connectivity index (χ0v) is 7.69. The molecular formula is C12H6O3. The first-order valence-corrected chi connectivity index (χ1v) is 4.54. The fourth-order valence-corrected chi connectivity index (χ4v) is 1.81. The van der Waals surface area contributed by atoms with Gasteiger partial charge in [-0.3, -0.25) is 9.59 Å². The molecule has 0 bridgehead atoms. The second-order valence-corrected chi connectivity index (χ2v) is 3.39. The van der Waals surface area contributed by atoms with Crippen molar-refractivity contribution < 1.29 is 14.0 Å². The molecule has 1 aliphatic rings. The second kappa shape index (κ2) is 2.67. The summed E-state index contributed by atoms with van der Waals surface area (Å²) < 4.78 is 5.23. The molecule has 0 radical (unpaired) electrons. The van der Waals surface area contributed by atoms with E-state index in [1.54, 1.807) is 18.2 Å². The maximum absolute atomic E-state index is 11.6. The van der Waals surface area contributed by atoms with Crippen LogP contribution in [0.15, 0.2) is 41.0 Å². The van der Waals surface area contributed by atoms with E-state index in [0.717, 1.165) is 5.39 Å². The summed E-state index contributed by atoms with van der Waals surface area (Å²) in [5, 5.41) is 0.838. The highest BCUT2D eigenvalue weighted by Crippen LogP contribution is 2.27. The van der Waals surface area contributed by atoms with Crippen molar-refractivity contribution in [2.75, 3.05) is 0 Å². The van der Waals surface area contributed by atoms with E-state index in [1.807, 2.05) is 0 Å². The van der Waals surface area contributed by atoms with Crippen molar-refractivity contribution in [1.29, 1.82) is 0 Å². The summed E-state index contributed by atoms with van der Waals surface area (Å²) >= 11 is 0. The molecule has 1 aromatic heterocycles. The summed E-state index contributed by atoms with van der Waals surface area (Å²) in [6.45, 7) is 0. The van der Waals surface area contributed by atoms with Gasteiger partial charge < -0.3 is 4.42 Å². The third-order valence-electron chi connectivity index (χ3n) is 2.52. The lowest BCUT2D eigenvalue weighted by Crippen LogP contribution is -2.11. The first-order chi connectivity index (χ1) is 7.27. The lowest BCUT2D eigenvalue weighted by Gasteiger charge is -2.08. The summed E-state index contributed by atoms with van der Waals surface area (Å²) in [7, 11) is 0. The Labute approximate surface area is 85.0 Å². The number of carbonyl (C=O) groups is 2. The van der Waals surface area contributed by atoms with Crippen LogP contribution in [0, 0.1) is 0 Å². The van der Waals surface area contributed by atoms with Crippen molar-refractivity contribution in [3.63, 3.8) is 0 Å². The van der Waals surface area contributed by atoms with E-state index in [0.29, 0.717) is 16.7 Å². The largest absolute Gasteiger partial charge is 0.464 e. The number of hydrogen-bond acceptors (Lipinski definition) is 3. The molecule has 72 valence electrons. The highest BCUT2D eigenvalue weighted by molar-refractivity contribution is 6.26. The zero-order chi connectivity index (χ0) is 10.4. The van der Waals surface area contributed by atoms with Crippen LogP contribution < -0.4 is 0 Å². The van der Waals surface area contributed by atoms with Crippen molar-refractivity contribution in [1.82, 2.24) is 0 Å². The maximum Gasteiger partial charge on any atom is 0.190 e. The van der Waals surface area contributed by atoms with E-state index < -0.39 is 0 Å². The van der Waals surface area contributed by atoms with Crippen molar-refractivity contribution in [3.05, 3.63) is 47.7 Å². The van der Waals surface area contributed by atoms with Gasteiger partial charge in [-0.15, -0.1) is 0 Å². The van der Waals surface area contributed by atoms with E-state index in [9.17, 15) is 9.59 Å². The Hall–Kier alpha value is -2.16.